The quantitative estimate of drug-likeness (QED) is 0.177. The maximum atomic E-state index is 9.70. The highest BCUT2D eigenvalue weighted by atomic mass is 15.0. The van der Waals surface area contributed by atoms with Gasteiger partial charge in [-0.25, -0.2) is 9.69 Å². The summed E-state index contributed by atoms with van der Waals surface area (Å²) in [7, 11) is 0. The summed E-state index contributed by atoms with van der Waals surface area (Å²) in [5.41, 5.74) is 11.8. The predicted molar refractivity (Wildman–Crippen MR) is 203 cm³/mol. The Morgan fingerprint density at radius 1 is 0.460 bits per heavy atom. The molecule has 0 unspecified atom stereocenters. The first-order valence-corrected chi connectivity index (χ1v) is 16.2. The van der Waals surface area contributed by atoms with Crippen molar-refractivity contribution in [3.8, 4) is 39.7 Å². The highest BCUT2D eigenvalue weighted by molar-refractivity contribution is 6.11. The van der Waals surface area contributed by atoms with Crippen LogP contribution in [0.3, 0.4) is 0 Å². The van der Waals surface area contributed by atoms with Gasteiger partial charge < -0.3 is 9.13 Å². The molecule has 0 amide bonds. The molecule has 0 bridgehead atoms. The number of fused-ring (bicyclic) bond motifs is 6. The van der Waals surface area contributed by atoms with Gasteiger partial charge in [0.05, 0.1) is 41.3 Å². The molecule has 0 fully saturated rings. The molecule has 0 saturated carbocycles. The molecule has 7 aromatic carbocycles. The number of nitrogens with zero attached hydrogens (tertiary/aromatic N) is 5. The molecule has 0 aliphatic heterocycles. The first-order valence-electron chi connectivity index (χ1n) is 16.2. The Balaban J connectivity index is 1.28. The van der Waals surface area contributed by atoms with Crippen molar-refractivity contribution in [2.24, 2.45) is 0 Å². The lowest BCUT2D eigenvalue weighted by Crippen LogP contribution is -1.98. The second kappa shape index (κ2) is 11.4. The van der Waals surface area contributed by atoms with Gasteiger partial charge in [0.25, 0.3) is 0 Å². The van der Waals surface area contributed by atoms with Crippen LogP contribution in [0, 0.1) is 24.5 Å². The van der Waals surface area contributed by atoms with Gasteiger partial charge in [0.15, 0.2) is 11.4 Å². The van der Waals surface area contributed by atoms with Crippen LogP contribution in [0.4, 0.5) is 11.4 Å². The Kier molecular flexibility index (Phi) is 6.56. The third kappa shape index (κ3) is 4.38. The SMILES string of the molecule is [C-]#[N+]c1ccc(-c2ccccc2-c2cccc(-n3c4ccccc4c4ccc([N+]#[C-])cc43)c2)c(-n2c3ccccc3c3cc(C#N)ccc32)c1. The fourth-order valence-electron chi connectivity index (χ4n) is 7.39. The molecule has 5 heteroatoms. The predicted octanol–water partition coefficient (Wildman–Crippen LogP) is 12.2. The minimum Gasteiger partial charge on any atom is -0.310 e. The van der Waals surface area contributed by atoms with Gasteiger partial charge in [0.2, 0.25) is 0 Å². The van der Waals surface area contributed by atoms with Crippen LogP contribution >= 0.6 is 0 Å². The molecule has 9 rings (SSSR count). The molecule has 0 atom stereocenters. The zero-order valence-corrected chi connectivity index (χ0v) is 26.7. The topological polar surface area (TPSA) is 42.4 Å². The van der Waals surface area contributed by atoms with Crippen LogP contribution in [0.25, 0.3) is 86.9 Å². The normalized spacial score (nSPS) is 11.1. The van der Waals surface area contributed by atoms with Gasteiger partial charge in [-0.15, -0.1) is 0 Å². The number of para-hydroxylation sites is 2. The van der Waals surface area contributed by atoms with Crippen molar-refractivity contribution in [2.75, 3.05) is 0 Å². The smallest absolute Gasteiger partial charge is 0.189 e. The molecule has 0 N–H and O–H groups in total. The van der Waals surface area contributed by atoms with E-state index in [0.717, 1.165) is 77.2 Å². The van der Waals surface area contributed by atoms with Crippen molar-refractivity contribution in [1.29, 1.82) is 5.26 Å². The van der Waals surface area contributed by atoms with Gasteiger partial charge in [-0.3, -0.25) is 0 Å². The zero-order chi connectivity index (χ0) is 33.8. The molecule has 0 radical (unpaired) electrons. The summed E-state index contributed by atoms with van der Waals surface area (Å²) in [5.74, 6) is 0. The van der Waals surface area contributed by atoms with Crippen LogP contribution in [0.2, 0.25) is 0 Å². The van der Waals surface area contributed by atoms with Gasteiger partial charge in [-0.1, -0.05) is 97.1 Å². The monoisotopic (exact) mass is 635 g/mol. The van der Waals surface area contributed by atoms with Crippen LogP contribution in [0.5, 0.6) is 0 Å². The lowest BCUT2D eigenvalue weighted by atomic mass is 9.93. The highest BCUT2D eigenvalue weighted by Gasteiger charge is 2.19. The maximum Gasteiger partial charge on any atom is 0.189 e. The minimum absolute atomic E-state index is 0.549. The highest BCUT2D eigenvalue weighted by Crippen LogP contribution is 2.42. The number of aromatic nitrogens is 2. The van der Waals surface area contributed by atoms with Crippen LogP contribution in [-0.4, -0.2) is 9.13 Å². The Morgan fingerprint density at radius 3 is 1.88 bits per heavy atom. The van der Waals surface area contributed by atoms with Crippen molar-refractivity contribution in [3.63, 3.8) is 0 Å². The van der Waals surface area contributed by atoms with E-state index in [-0.39, 0.29) is 0 Å². The fourth-order valence-corrected chi connectivity index (χ4v) is 7.39. The fraction of sp³-hybridized carbons (Fsp3) is 0. The molecule has 0 spiro atoms. The summed E-state index contributed by atoms with van der Waals surface area (Å²) >= 11 is 0. The van der Waals surface area contributed by atoms with Crippen LogP contribution in [0.15, 0.2) is 152 Å². The summed E-state index contributed by atoms with van der Waals surface area (Å²) in [6.45, 7) is 15.6. The van der Waals surface area contributed by atoms with E-state index in [4.69, 9.17) is 13.1 Å². The standard InChI is InChI=1S/C45H25N5/c1-47-31-20-22-39-36-14-5-7-16-41(36)49(44(39)26-31)33-11-9-10-30(25-33)34-12-3-4-13-35(34)38-21-19-32(48-2)27-45(38)50-42-17-8-6-15-37(42)40-24-29(28-46)18-23-43(40)50/h3-27H. The van der Waals surface area contributed by atoms with Crippen molar-refractivity contribution in [3.05, 3.63) is 180 Å². The first-order chi connectivity index (χ1) is 24.7. The Hall–Kier alpha value is -7.39. The third-order valence-electron chi connectivity index (χ3n) is 9.57. The van der Waals surface area contributed by atoms with E-state index in [2.05, 4.69) is 116 Å². The van der Waals surface area contributed by atoms with Crippen molar-refractivity contribution in [2.45, 2.75) is 0 Å². The Morgan fingerprint density at radius 2 is 1.10 bits per heavy atom. The van der Waals surface area contributed by atoms with E-state index < -0.39 is 0 Å². The molecular formula is C45H25N5. The summed E-state index contributed by atoms with van der Waals surface area (Å²) in [6, 6.07) is 53.4. The molecule has 0 saturated heterocycles. The molecule has 2 aromatic heterocycles. The Labute approximate surface area is 288 Å². The third-order valence-corrected chi connectivity index (χ3v) is 9.57. The van der Waals surface area contributed by atoms with Crippen LogP contribution in [0.1, 0.15) is 5.56 Å². The average Bonchev–Trinajstić information content (AvgIpc) is 3.69. The lowest BCUT2D eigenvalue weighted by molar-refractivity contribution is 1.18. The van der Waals surface area contributed by atoms with E-state index in [1.54, 1.807) is 0 Å². The molecule has 2 heterocycles. The summed E-state index contributed by atoms with van der Waals surface area (Å²) in [4.78, 5) is 7.54. The summed E-state index contributed by atoms with van der Waals surface area (Å²) < 4.78 is 4.46. The van der Waals surface area contributed by atoms with E-state index >= 15 is 0 Å². The van der Waals surface area contributed by atoms with Crippen molar-refractivity contribution >= 4 is 55.0 Å². The number of hydrogen-bond donors (Lipinski definition) is 0. The largest absolute Gasteiger partial charge is 0.310 e. The number of benzene rings is 7. The Bertz CT molecular complexity index is 2970. The second-order valence-electron chi connectivity index (χ2n) is 12.3. The molecular weight excluding hydrogens is 611 g/mol. The molecule has 0 aliphatic rings. The van der Waals surface area contributed by atoms with Gasteiger partial charge >= 0.3 is 0 Å². The maximum absolute atomic E-state index is 9.70. The zero-order valence-electron chi connectivity index (χ0n) is 26.7. The molecule has 230 valence electrons. The first kappa shape index (κ1) is 28.8. The lowest BCUT2D eigenvalue weighted by Gasteiger charge is -2.18. The van der Waals surface area contributed by atoms with Crippen molar-refractivity contribution < 1.29 is 0 Å². The van der Waals surface area contributed by atoms with Crippen LogP contribution < -0.4 is 0 Å². The molecule has 0 aliphatic carbocycles. The number of rotatable bonds is 4. The van der Waals surface area contributed by atoms with E-state index in [1.807, 2.05) is 60.7 Å². The number of hydrogen-bond acceptors (Lipinski definition) is 1. The number of nitriles is 1. The summed E-state index contributed by atoms with van der Waals surface area (Å²) in [6.07, 6.45) is 0. The van der Waals surface area contributed by atoms with E-state index in [0.29, 0.717) is 16.9 Å². The van der Waals surface area contributed by atoms with Gasteiger partial charge in [-0.2, -0.15) is 5.26 Å². The minimum atomic E-state index is 0.549. The average molecular weight is 636 g/mol. The van der Waals surface area contributed by atoms with Crippen molar-refractivity contribution in [1.82, 2.24) is 9.13 Å². The van der Waals surface area contributed by atoms with Gasteiger partial charge in [0, 0.05) is 44.0 Å². The van der Waals surface area contributed by atoms with E-state index in [1.165, 1.54) is 0 Å². The summed E-state index contributed by atoms with van der Waals surface area (Å²) in [5, 5.41) is 14.0. The van der Waals surface area contributed by atoms with E-state index in [9.17, 15) is 5.26 Å². The van der Waals surface area contributed by atoms with Crippen LogP contribution in [-0.2, 0) is 0 Å². The molecule has 9 aromatic rings. The molecule has 5 nitrogen and oxygen atoms in total. The second-order valence-corrected chi connectivity index (χ2v) is 12.3. The van der Waals surface area contributed by atoms with Gasteiger partial charge in [-0.05, 0) is 71.3 Å². The van der Waals surface area contributed by atoms with Gasteiger partial charge in [0.1, 0.15) is 0 Å². The molecule has 50 heavy (non-hydrogen) atoms.